The van der Waals surface area contributed by atoms with E-state index in [9.17, 15) is 4.79 Å². The Morgan fingerprint density at radius 1 is 1.18 bits per heavy atom. The molecule has 4 rings (SSSR count). The van der Waals surface area contributed by atoms with Gasteiger partial charge in [0.15, 0.2) is 5.15 Å². The normalized spacial score (nSPS) is 15.0. The predicted octanol–water partition coefficient (Wildman–Crippen LogP) is 2.82. The molecule has 9 heteroatoms. The molecule has 0 bridgehead atoms. The van der Waals surface area contributed by atoms with Gasteiger partial charge in [-0.15, -0.1) is 0 Å². The van der Waals surface area contributed by atoms with Gasteiger partial charge in [0.2, 0.25) is 0 Å². The fraction of sp³-hybridized carbons (Fsp3) is 0.263. The average molecular weight is 415 g/mol. The number of fused-ring (bicyclic) bond motifs is 1. The maximum absolute atomic E-state index is 11.7. The van der Waals surface area contributed by atoms with Crippen molar-refractivity contribution in [2.75, 3.05) is 31.1 Å². The number of nitriles is 1. The van der Waals surface area contributed by atoms with Crippen LogP contribution in [0.2, 0.25) is 10.2 Å². The van der Waals surface area contributed by atoms with Crippen molar-refractivity contribution >= 4 is 39.9 Å². The van der Waals surface area contributed by atoms with E-state index in [1.807, 2.05) is 24.4 Å². The number of nitrogens with one attached hydrogen (secondary N) is 1. The van der Waals surface area contributed by atoms with Crippen LogP contribution in [0.15, 0.2) is 35.3 Å². The van der Waals surface area contributed by atoms with Crippen LogP contribution in [0.25, 0.3) is 11.0 Å². The van der Waals surface area contributed by atoms with Gasteiger partial charge in [-0.2, -0.15) is 5.26 Å². The lowest BCUT2D eigenvalue weighted by Gasteiger charge is -2.36. The van der Waals surface area contributed by atoms with Crippen LogP contribution in [-0.4, -0.2) is 46.0 Å². The van der Waals surface area contributed by atoms with E-state index in [1.165, 1.54) is 0 Å². The summed E-state index contributed by atoms with van der Waals surface area (Å²) in [5, 5.41) is 9.40. The summed E-state index contributed by atoms with van der Waals surface area (Å²) in [5.41, 5.74) is 3.23. The molecule has 0 radical (unpaired) electrons. The monoisotopic (exact) mass is 414 g/mol. The Labute approximate surface area is 171 Å². The summed E-state index contributed by atoms with van der Waals surface area (Å²) in [6, 6.07) is 9.04. The molecule has 0 saturated carbocycles. The second kappa shape index (κ2) is 7.76. The molecule has 0 aliphatic carbocycles. The number of aromatic amines is 1. The molecule has 3 aromatic rings. The third-order valence-electron chi connectivity index (χ3n) is 4.77. The van der Waals surface area contributed by atoms with Crippen molar-refractivity contribution < 1.29 is 0 Å². The maximum Gasteiger partial charge on any atom is 0.267 e. The van der Waals surface area contributed by atoms with Crippen LogP contribution in [0.4, 0.5) is 5.69 Å². The molecule has 1 saturated heterocycles. The van der Waals surface area contributed by atoms with Gasteiger partial charge in [0.1, 0.15) is 16.8 Å². The molecule has 1 fully saturated rings. The molecule has 0 atom stereocenters. The second-order valence-corrected chi connectivity index (χ2v) is 7.37. The van der Waals surface area contributed by atoms with Gasteiger partial charge in [-0.05, 0) is 29.8 Å². The summed E-state index contributed by atoms with van der Waals surface area (Å²) in [5.74, 6) is 0. The molecule has 0 amide bonds. The molecule has 28 heavy (non-hydrogen) atoms. The van der Waals surface area contributed by atoms with E-state index in [1.54, 1.807) is 12.1 Å². The summed E-state index contributed by atoms with van der Waals surface area (Å²) in [6.07, 6.45) is 1.81. The van der Waals surface area contributed by atoms with Crippen LogP contribution < -0.4 is 10.5 Å². The molecule has 3 aromatic heterocycles. The van der Waals surface area contributed by atoms with Crippen LogP contribution in [0.5, 0.6) is 0 Å². The molecular formula is C19H16Cl2N6O. The second-order valence-electron chi connectivity index (χ2n) is 6.60. The molecule has 7 nitrogen and oxygen atoms in total. The van der Waals surface area contributed by atoms with Gasteiger partial charge >= 0.3 is 0 Å². The van der Waals surface area contributed by atoms with Crippen molar-refractivity contribution in [3.63, 3.8) is 0 Å². The van der Waals surface area contributed by atoms with Gasteiger partial charge in [-0.3, -0.25) is 14.7 Å². The van der Waals surface area contributed by atoms with E-state index in [2.05, 4.69) is 24.8 Å². The van der Waals surface area contributed by atoms with Gasteiger partial charge in [0, 0.05) is 38.9 Å². The highest BCUT2D eigenvalue weighted by Gasteiger charge is 2.20. The largest absolute Gasteiger partial charge is 0.366 e. The fourth-order valence-corrected chi connectivity index (χ4v) is 3.74. The van der Waals surface area contributed by atoms with Crippen molar-refractivity contribution in [1.82, 2.24) is 19.9 Å². The van der Waals surface area contributed by atoms with Crippen molar-refractivity contribution in [2.45, 2.75) is 6.54 Å². The number of piperazine rings is 1. The molecule has 0 aromatic carbocycles. The molecule has 1 aliphatic heterocycles. The first-order valence-electron chi connectivity index (χ1n) is 8.75. The summed E-state index contributed by atoms with van der Waals surface area (Å²) >= 11 is 12.1. The Bertz CT molecular complexity index is 1130. The minimum absolute atomic E-state index is 0.139. The summed E-state index contributed by atoms with van der Waals surface area (Å²) in [7, 11) is 0. The molecular weight excluding hydrogens is 399 g/mol. The number of hydrogen-bond acceptors (Lipinski definition) is 6. The molecule has 0 spiro atoms. The molecule has 142 valence electrons. The molecule has 1 aliphatic rings. The SMILES string of the molecule is N#Cc1ccc(N2CCN(Cc3cnc4cc(Cl)c(=O)[nH]c4c3)CC2)c(Cl)n1. The minimum Gasteiger partial charge on any atom is -0.366 e. The third-order valence-corrected chi connectivity index (χ3v) is 5.33. The lowest BCUT2D eigenvalue weighted by atomic mass is 10.2. The smallest absolute Gasteiger partial charge is 0.267 e. The number of hydrogen-bond donors (Lipinski definition) is 1. The number of H-pyrrole nitrogens is 1. The first-order chi connectivity index (χ1) is 13.5. The van der Waals surface area contributed by atoms with E-state index >= 15 is 0 Å². The Balaban J connectivity index is 1.43. The van der Waals surface area contributed by atoms with Gasteiger partial charge < -0.3 is 9.88 Å². The highest BCUT2D eigenvalue weighted by Crippen LogP contribution is 2.25. The highest BCUT2D eigenvalue weighted by molar-refractivity contribution is 6.32. The van der Waals surface area contributed by atoms with Gasteiger partial charge in [0.25, 0.3) is 5.56 Å². The van der Waals surface area contributed by atoms with Crippen LogP contribution in [0, 0.1) is 11.3 Å². The summed E-state index contributed by atoms with van der Waals surface area (Å²) in [6.45, 7) is 4.05. The average Bonchev–Trinajstić information content (AvgIpc) is 2.70. The van der Waals surface area contributed by atoms with E-state index in [0.717, 1.165) is 44.0 Å². The minimum atomic E-state index is -0.311. The number of anilines is 1. The van der Waals surface area contributed by atoms with Crippen LogP contribution in [0.1, 0.15) is 11.3 Å². The lowest BCUT2D eigenvalue weighted by Crippen LogP contribution is -2.46. The zero-order valence-electron chi connectivity index (χ0n) is 14.8. The topological polar surface area (TPSA) is 88.9 Å². The zero-order chi connectivity index (χ0) is 19.7. The van der Waals surface area contributed by atoms with Crippen LogP contribution >= 0.6 is 23.2 Å². The Morgan fingerprint density at radius 2 is 1.96 bits per heavy atom. The number of rotatable bonds is 3. The maximum atomic E-state index is 11.7. The highest BCUT2D eigenvalue weighted by atomic mass is 35.5. The summed E-state index contributed by atoms with van der Waals surface area (Å²) in [4.78, 5) is 27.4. The predicted molar refractivity (Wildman–Crippen MR) is 109 cm³/mol. The number of halogens is 2. The first-order valence-corrected chi connectivity index (χ1v) is 9.50. The van der Waals surface area contributed by atoms with Gasteiger partial charge in [0.05, 0.1) is 16.7 Å². The number of pyridine rings is 3. The quantitative estimate of drug-likeness (QED) is 0.662. The Kier molecular flexibility index (Phi) is 5.18. The van der Waals surface area contributed by atoms with Gasteiger partial charge in [-0.1, -0.05) is 23.2 Å². The van der Waals surface area contributed by atoms with E-state index in [0.29, 0.717) is 21.9 Å². The van der Waals surface area contributed by atoms with Crippen molar-refractivity contribution in [2.24, 2.45) is 0 Å². The summed E-state index contributed by atoms with van der Waals surface area (Å²) < 4.78 is 0. The molecule has 4 heterocycles. The molecule has 1 N–H and O–H groups in total. The van der Waals surface area contributed by atoms with Crippen LogP contribution in [-0.2, 0) is 6.54 Å². The third kappa shape index (κ3) is 3.80. The number of aromatic nitrogens is 3. The van der Waals surface area contributed by atoms with E-state index in [4.69, 9.17) is 28.5 Å². The lowest BCUT2D eigenvalue weighted by molar-refractivity contribution is 0.249. The van der Waals surface area contributed by atoms with E-state index < -0.39 is 0 Å². The van der Waals surface area contributed by atoms with E-state index in [-0.39, 0.29) is 10.6 Å². The first kappa shape index (κ1) is 18.7. The van der Waals surface area contributed by atoms with Crippen molar-refractivity contribution in [1.29, 1.82) is 5.26 Å². The van der Waals surface area contributed by atoms with Gasteiger partial charge in [-0.25, -0.2) is 4.98 Å². The van der Waals surface area contributed by atoms with Crippen molar-refractivity contribution in [3.8, 4) is 6.07 Å². The standard InChI is InChI=1S/C19H16Cl2N6O/c20-14-8-15-16(25-19(14)28)7-12(10-23-15)11-26-3-5-27(6-4-26)17-2-1-13(9-22)24-18(17)21/h1-2,7-8,10H,3-6,11H2,(H,25,28). The number of nitrogens with zero attached hydrogens (tertiary/aromatic N) is 5. The Morgan fingerprint density at radius 3 is 2.68 bits per heavy atom. The van der Waals surface area contributed by atoms with Crippen molar-refractivity contribution in [3.05, 3.63) is 62.2 Å². The zero-order valence-corrected chi connectivity index (χ0v) is 16.3. The Hall–Kier alpha value is -2.66. The van der Waals surface area contributed by atoms with Crippen LogP contribution in [0.3, 0.4) is 0 Å². The molecule has 0 unspecified atom stereocenters. The fourth-order valence-electron chi connectivity index (χ4n) is 3.32.